The number of anilines is 2. The van der Waals surface area contributed by atoms with Crippen LogP contribution in [0.5, 0.6) is 0 Å². The highest BCUT2D eigenvalue weighted by molar-refractivity contribution is 6.13. The van der Waals surface area contributed by atoms with Gasteiger partial charge in [-0.1, -0.05) is 0 Å². The van der Waals surface area contributed by atoms with E-state index in [0.717, 1.165) is 18.5 Å². The van der Waals surface area contributed by atoms with E-state index in [-0.39, 0.29) is 40.9 Å². The summed E-state index contributed by atoms with van der Waals surface area (Å²) in [5.74, 6) is -0.448. The summed E-state index contributed by atoms with van der Waals surface area (Å²) in [7, 11) is 3.58. The van der Waals surface area contributed by atoms with Crippen LogP contribution in [0.2, 0.25) is 0 Å². The van der Waals surface area contributed by atoms with Crippen LogP contribution >= 0.6 is 0 Å². The van der Waals surface area contributed by atoms with Crippen molar-refractivity contribution >= 4 is 34.8 Å². The molecule has 2 aliphatic rings. The van der Waals surface area contributed by atoms with Crippen molar-refractivity contribution < 1.29 is 13.7 Å². The molecular weight excluding hydrogens is 448 g/mol. The Morgan fingerprint density at radius 2 is 2.09 bits per heavy atom. The van der Waals surface area contributed by atoms with Crippen LogP contribution in [0.3, 0.4) is 0 Å². The van der Waals surface area contributed by atoms with Gasteiger partial charge in [0.05, 0.1) is 40.3 Å². The average Bonchev–Trinajstić information content (AvgIpc) is 3.56. The molecule has 0 bridgehead atoms. The minimum absolute atomic E-state index is 0.0718. The van der Waals surface area contributed by atoms with Crippen LogP contribution in [0.1, 0.15) is 38.6 Å². The summed E-state index contributed by atoms with van der Waals surface area (Å²) in [6, 6.07) is 3.21. The lowest BCUT2D eigenvalue weighted by atomic mass is 10.1. The maximum atomic E-state index is 13.6. The number of aryl methyl sites for hydroxylation is 2. The summed E-state index contributed by atoms with van der Waals surface area (Å²) in [5.41, 5.74) is 2.11. The number of pyridine rings is 2. The van der Waals surface area contributed by atoms with Gasteiger partial charge in [-0.2, -0.15) is 5.10 Å². The first kappa shape index (κ1) is 19.1. The van der Waals surface area contributed by atoms with E-state index in [9.17, 15) is 14.4 Å². The third-order valence-corrected chi connectivity index (χ3v) is 6.20. The Morgan fingerprint density at radius 1 is 1.29 bits per heavy atom. The van der Waals surface area contributed by atoms with E-state index in [1.165, 1.54) is 12.3 Å². The van der Waals surface area contributed by atoms with Gasteiger partial charge in [-0.05, 0) is 25.8 Å². The highest BCUT2D eigenvalue weighted by atomic mass is 16.2. The molecule has 0 unspecified atom stereocenters. The molecule has 3 aromatic heterocycles. The van der Waals surface area contributed by atoms with E-state index in [2.05, 4.69) is 25.4 Å². The minimum atomic E-state index is -2.73. The van der Waals surface area contributed by atoms with E-state index in [0.29, 0.717) is 28.4 Å². The molecule has 180 valence electrons. The Kier molecular flexibility index (Phi) is 4.63. The summed E-state index contributed by atoms with van der Waals surface area (Å²) in [6.07, 6.45) is 4.36. The standard InChI is InChI=1S/C24H26N8O3/c1-12-7-17(30-32(12)4)14-9-27-22-20(21(14)33)18(11-31(22)3)28-16-8-19(29-23(34)13-5-6-13)26-10-15(16)24(35)25-2/h7-10,13H,5-6,11H2,1-4H3,(H,25,35)(H,27,33)(H,26,29,34)/i2D3. The fourth-order valence-electron chi connectivity index (χ4n) is 4.01. The second-order valence-corrected chi connectivity index (χ2v) is 8.77. The number of carbonyl (C=O) groups is 2. The Morgan fingerprint density at radius 3 is 2.77 bits per heavy atom. The van der Waals surface area contributed by atoms with E-state index >= 15 is 0 Å². The van der Waals surface area contributed by atoms with Crippen molar-refractivity contribution in [3.8, 4) is 11.3 Å². The number of likely N-dealkylation sites (N-methyl/N-ethyl adjacent to an activating group) is 1. The van der Waals surface area contributed by atoms with Gasteiger partial charge in [-0.3, -0.25) is 19.1 Å². The van der Waals surface area contributed by atoms with Gasteiger partial charge in [-0.25, -0.2) is 9.98 Å². The van der Waals surface area contributed by atoms with Gasteiger partial charge in [-0.15, -0.1) is 0 Å². The molecule has 0 spiro atoms. The molecular formula is C24H26N8O3. The SMILES string of the molecule is [2H]C([2H])([2H])NC(=O)c1cnc(NC(=O)C2CC2)cc1N=C1CN(C)c2[nH]cc(-c3cc(C)n(C)n3)c(=O)c21. The van der Waals surface area contributed by atoms with Crippen LogP contribution in [-0.2, 0) is 11.8 Å². The number of hydrogen-bond donors (Lipinski definition) is 3. The highest BCUT2D eigenvalue weighted by Gasteiger charge is 2.31. The molecule has 35 heavy (non-hydrogen) atoms. The van der Waals surface area contributed by atoms with Gasteiger partial charge >= 0.3 is 0 Å². The lowest BCUT2D eigenvalue weighted by Gasteiger charge is -2.10. The first-order valence-corrected chi connectivity index (χ1v) is 11.1. The smallest absolute Gasteiger partial charge is 0.254 e. The van der Waals surface area contributed by atoms with Gasteiger partial charge < -0.3 is 20.5 Å². The van der Waals surface area contributed by atoms with Crippen LogP contribution in [0.4, 0.5) is 17.3 Å². The second-order valence-electron chi connectivity index (χ2n) is 8.77. The predicted octanol–water partition coefficient (Wildman–Crippen LogP) is 1.76. The van der Waals surface area contributed by atoms with Crippen molar-refractivity contribution in [2.75, 3.05) is 30.8 Å². The number of aromatic nitrogens is 4. The van der Waals surface area contributed by atoms with E-state index in [1.54, 1.807) is 31.0 Å². The number of H-pyrrole nitrogens is 1. The molecule has 11 nitrogen and oxygen atoms in total. The number of nitrogens with one attached hydrogen (secondary N) is 3. The maximum absolute atomic E-state index is 13.6. The molecule has 0 aromatic carbocycles. The molecule has 3 aromatic rings. The van der Waals surface area contributed by atoms with Gasteiger partial charge in [0, 0.05) is 55.3 Å². The van der Waals surface area contributed by atoms with E-state index in [1.807, 2.05) is 17.1 Å². The van der Waals surface area contributed by atoms with Gasteiger partial charge in [0.25, 0.3) is 5.91 Å². The van der Waals surface area contributed by atoms with Crippen molar-refractivity contribution in [1.29, 1.82) is 0 Å². The number of hydrogen-bond acceptors (Lipinski definition) is 7. The molecule has 0 radical (unpaired) electrons. The highest BCUT2D eigenvalue weighted by Crippen LogP contribution is 2.32. The molecule has 2 amide bonds. The van der Waals surface area contributed by atoms with Gasteiger partial charge in [0.15, 0.2) is 0 Å². The number of carbonyl (C=O) groups excluding carboxylic acids is 2. The Labute approximate surface area is 205 Å². The van der Waals surface area contributed by atoms with Crippen molar-refractivity contribution in [3.63, 3.8) is 0 Å². The zero-order chi connectivity index (χ0) is 27.4. The predicted molar refractivity (Wildman–Crippen MR) is 132 cm³/mol. The fraction of sp³-hybridized carbons (Fsp3) is 0.333. The molecule has 3 N–H and O–H groups in total. The summed E-state index contributed by atoms with van der Waals surface area (Å²) in [6.45, 7) is -0.598. The summed E-state index contributed by atoms with van der Waals surface area (Å²) < 4.78 is 23.9. The fourth-order valence-corrected chi connectivity index (χ4v) is 4.01. The second kappa shape index (κ2) is 8.49. The van der Waals surface area contributed by atoms with Crippen LogP contribution < -0.4 is 21.0 Å². The lowest BCUT2D eigenvalue weighted by molar-refractivity contribution is -0.117. The first-order valence-electron chi connectivity index (χ1n) is 12.6. The lowest BCUT2D eigenvalue weighted by Crippen LogP contribution is -2.20. The molecule has 1 fully saturated rings. The quantitative estimate of drug-likeness (QED) is 0.512. The number of rotatable bonds is 5. The zero-order valence-corrected chi connectivity index (χ0v) is 19.5. The molecule has 11 heteroatoms. The number of aliphatic imine (C=N–C) groups is 1. The van der Waals surface area contributed by atoms with Crippen LogP contribution in [-0.4, -0.2) is 57.8 Å². The van der Waals surface area contributed by atoms with Crippen molar-refractivity contribution in [2.24, 2.45) is 18.0 Å². The van der Waals surface area contributed by atoms with Gasteiger partial charge in [0.2, 0.25) is 11.3 Å². The van der Waals surface area contributed by atoms with Crippen LogP contribution in [0.25, 0.3) is 11.3 Å². The summed E-state index contributed by atoms with van der Waals surface area (Å²) in [4.78, 5) is 52.4. The normalized spacial score (nSPS) is 17.5. The number of amides is 2. The number of nitrogens with zero attached hydrogens (tertiary/aromatic N) is 5. The summed E-state index contributed by atoms with van der Waals surface area (Å²) >= 11 is 0. The largest absolute Gasteiger partial charge is 0.355 e. The van der Waals surface area contributed by atoms with Crippen LogP contribution in [0.15, 0.2) is 34.3 Å². The zero-order valence-electron chi connectivity index (χ0n) is 22.5. The Balaban J connectivity index is 1.61. The van der Waals surface area contributed by atoms with Gasteiger partial charge in [0.1, 0.15) is 11.6 Å². The molecule has 1 aliphatic carbocycles. The molecule has 4 heterocycles. The van der Waals surface area contributed by atoms with Crippen molar-refractivity contribution in [1.82, 2.24) is 25.1 Å². The van der Waals surface area contributed by atoms with E-state index < -0.39 is 12.9 Å². The topological polar surface area (TPSA) is 137 Å². The molecule has 5 rings (SSSR count). The van der Waals surface area contributed by atoms with Crippen molar-refractivity contribution in [3.05, 3.63) is 51.6 Å². The minimum Gasteiger partial charge on any atom is -0.355 e. The average molecular weight is 478 g/mol. The molecule has 1 saturated carbocycles. The maximum Gasteiger partial charge on any atom is 0.254 e. The Hall–Kier alpha value is -4.28. The number of aromatic amines is 1. The molecule has 0 saturated heterocycles. The molecule has 1 aliphatic heterocycles. The third kappa shape index (κ3) is 4.09. The number of fused-ring (bicyclic) bond motifs is 1. The van der Waals surface area contributed by atoms with E-state index in [4.69, 9.17) is 4.11 Å². The third-order valence-electron chi connectivity index (χ3n) is 6.20. The molecule has 0 atom stereocenters. The summed E-state index contributed by atoms with van der Waals surface area (Å²) in [5, 5.41) is 9.07. The monoisotopic (exact) mass is 477 g/mol. The van der Waals surface area contributed by atoms with Crippen LogP contribution in [0, 0.1) is 12.8 Å². The first-order chi connectivity index (χ1) is 17.9. The Bertz CT molecular complexity index is 1530. The van der Waals surface area contributed by atoms with Crippen molar-refractivity contribution in [2.45, 2.75) is 19.8 Å².